The molecule has 0 aliphatic carbocycles. The SMILES string of the molecule is CCNC(=NCc1coc(-c2ccc(C)cc2)n1)NCC(CO)c1ccccc1. The molecule has 0 radical (unpaired) electrons. The molecule has 0 saturated heterocycles. The van der Waals surface area contributed by atoms with Gasteiger partial charge in [-0.2, -0.15) is 0 Å². The number of rotatable bonds is 8. The van der Waals surface area contributed by atoms with Crippen LogP contribution in [0.15, 0.2) is 70.3 Å². The van der Waals surface area contributed by atoms with E-state index in [1.54, 1.807) is 6.26 Å². The molecule has 3 rings (SSSR count). The Morgan fingerprint density at radius 2 is 1.86 bits per heavy atom. The summed E-state index contributed by atoms with van der Waals surface area (Å²) in [6.45, 7) is 5.87. The summed E-state index contributed by atoms with van der Waals surface area (Å²) in [7, 11) is 0. The lowest BCUT2D eigenvalue weighted by molar-refractivity contribution is 0.265. The number of aromatic nitrogens is 1. The molecular formula is C23H28N4O2. The van der Waals surface area contributed by atoms with Crippen molar-refractivity contribution >= 4 is 5.96 Å². The van der Waals surface area contributed by atoms with Crippen molar-refractivity contribution in [2.45, 2.75) is 26.3 Å². The normalized spacial score (nSPS) is 12.6. The molecule has 6 heteroatoms. The minimum atomic E-state index is 0.000228. The first-order chi connectivity index (χ1) is 14.2. The van der Waals surface area contributed by atoms with Crippen molar-refractivity contribution in [2.75, 3.05) is 19.7 Å². The van der Waals surface area contributed by atoms with Crippen LogP contribution in [0.25, 0.3) is 11.5 Å². The number of nitrogens with zero attached hydrogens (tertiary/aromatic N) is 2. The highest BCUT2D eigenvalue weighted by atomic mass is 16.3. The lowest BCUT2D eigenvalue weighted by Gasteiger charge is -2.17. The molecule has 0 fully saturated rings. The Labute approximate surface area is 171 Å². The highest BCUT2D eigenvalue weighted by Gasteiger charge is 2.11. The number of aliphatic hydroxyl groups is 1. The van der Waals surface area contributed by atoms with Gasteiger partial charge in [-0.05, 0) is 31.5 Å². The fraction of sp³-hybridized carbons (Fsp3) is 0.304. The number of aliphatic hydroxyl groups excluding tert-OH is 1. The molecule has 2 aromatic carbocycles. The number of guanidine groups is 1. The van der Waals surface area contributed by atoms with Gasteiger partial charge in [0.25, 0.3) is 0 Å². The summed E-state index contributed by atoms with van der Waals surface area (Å²) in [5.74, 6) is 1.28. The average molecular weight is 393 g/mol. The molecule has 0 amide bonds. The first-order valence-corrected chi connectivity index (χ1v) is 9.89. The molecule has 1 unspecified atom stereocenters. The third-order valence-electron chi connectivity index (χ3n) is 4.60. The Morgan fingerprint density at radius 3 is 2.55 bits per heavy atom. The Balaban J connectivity index is 1.62. The van der Waals surface area contributed by atoms with Gasteiger partial charge in [0, 0.05) is 24.6 Å². The number of benzene rings is 2. The van der Waals surface area contributed by atoms with E-state index >= 15 is 0 Å². The molecule has 1 aromatic heterocycles. The van der Waals surface area contributed by atoms with Crippen LogP contribution in [0.2, 0.25) is 0 Å². The van der Waals surface area contributed by atoms with Gasteiger partial charge in [0.05, 0.1) is 13.2 Å². The highest BCUT2D eigenvalue weighted by Crippen LogP contribution is 2.19. The molecule has 152 valence electrons. The summed E-state index contributed by atoms with van der Waals surface area (Å²) in [6.07, 6.45) is 1.64. The van der Waals surface area contributed by atoms with E-state index < -0.39 is 0 Å². The van der Waals surface area contributed by atoms with Crippen LogP contribution in [0.4, 0.5) is 0 Å². The molecule has 0 aliphatic rings. The first-order valence-electron chi connectivity index (χ1n) is 9.89. The third-order valence-corrected chi connectivity index (χ3v) is 4.60. The Bertz CT molecular complexity index is 904. The van der Waals surface area contributed by atoms with Crippen LogP contribution in [0.1, 0.15) is 29.7 Å². The molecule has 6 nitrogen and oxygen atoms in total. The maximum Gasteiger partial charge on any atom is 0.226 e. The van der Waals surface area contributed by atoms with Crippen molar-refractivity contribution in [3.05, 3.63) is 77.7 Å². The predicted molar refractivity (Wildman–Crippen MR) is 116 cm³/mol. The van der Waals surface area contributed by atoms with E-state index in [1.807, 2.05) is 68.4 Å². The average Bonchev–Trinajstić information content (AvgIpc) is 3.22. The fourth-order valence-electron chi connectivity index (χ4n) is 2.94. The van der Waals surface area contributed by atoms with Gasteiger partial charge in [0.1, 0.15) is 12.0 Å². The zero-order valence-electron chi connectivity index (χ0n) is 16.9. The van der Waals surface area contributed by atoms with Crippen molar-refractivity contribution in [3.8, 4) is 11.5 Å². The molecule has 0 aliphatic heterocycles. The van der Waals surface area contributed by atoms with Crippen molar-refractivity contribution < 1.29 is 9.52 Å². The second-order valence-electron chi connectivity index (χ2n) is 6.88. The van der Waals surface area contributed by atoms with Gasteiger partial charge < -0.3 is 20.2 Å². The van der Waals surface area contributed by atoms with E-state index in [1.165, 1.54) is 5.56 Å². The molecular weight excluding hydrogens is 364 g/mol. The smallest absolute Gasteiger partial charge is 0.226 e. The van der Waals surface area contributed by atoms with E-state index in [4.69, 9.17) is 4.42 Å². The molecule has 29 heavy (non-hydrogen) atoms. The van der Waals surface area contributed by atoms with Crippen molar-refractivity contribution in [2.24, 2.45) is 4.99 Å². The van der Waals surface area contributed by atoms with Gasteiger partial charge in [-0.3, -0.25) is 0 Å². The molecule has 3 aromatic rings. The Morgan fingerprint density at radius 1 is 1.10 bits per heavy atom. The molecule has 1 atom stereocenters. The maximum absolute atomic E-state index is 9.74. The summed E-state index contributed by atoms with van der Waals surface area (Å²) in [6, 6.07) is 18.0. The van der Waals surface area contributed by atoms with Crippen LogP contribution in [0, 0.1) is 6.92 Å². The van der Waals surface area contributed by atoms with Gasteiger partial charge >= 0.3 is 0 Å². The third kappa shape index (κ3) is 5.93. The van der Waals surface area contributed by atoms with Crippen molar-refractivity contribution in [1.82, 2.24) is 15.6 Å². The van der Waals surface area contributed by atoms with E-state index in [0.717, 1.165) is 23.4 Å². The number of nitrogens with one attached hydrogen (secondary N) is 2. The van der Waals surface area contributed by atoms with Crippen LogP contribution in [0.5, 0.6) is 0 Å². The van der Waals surface area contributed by atoms with Crippen molar-refractivity contribution in [1.29, 1.82) is 0 Å². The summed E-state index contributed by atoms with van der Waals surface area (Å²) in [5, 5.41) is 16.3. The minimum absolute atomic E-state index is 0.000228. The zero-order chi connectivity index (χ0) is 20.5. The van der Waals surface area contributed by atoms with Crippen LogP contribution in [-0.2, 0) is 6.54 Å². The quantitative estimate of drug-likeness (QED) is 0.404. The zero-order valence-corrected chi connectivity index (χ0v) is 16.9. The lowest BCUT2D eigenvalue weighted by atomic mass is 10.0. The number of aryl methyl sites for hydroxylation is 1. The Kier molecular flexibility index (Phi) is 7.41. The number of hydrogen-bond acceptors (Lipinski definition) is 4. The van der Waals surface area contributed by atoms with Gasteiger partial charge in [-0.25, -0.2) is 9.98 Å². The summed E-state index contributed by atoms with van der Waals surface area (Å²) in [4.78, 5) is 9.13. The topological polar surface area (TPSA) is 82.7 Å². The molecule has 0 spiro atoms. The monoisotopic (exact) mass is 392 g/mol. The largest absolute Gasteiger partial charge is 0.444 e. The van der Waals surface area contributed by atoms with Crippen LogP contribution in [0.3, 0.4) is 0 Å². The van der Waals surface area contributed by atoms with E-state index in [0.29, 0.717) is 24.9 Å². The van der Waals surface area contributed by atoms with Crippen LogP contribution in [-0.4, -0.2) is 35.7 Å². The highest BCUT2D eigenvalue weighted by molar-refractivity contribution is 5.79. The molecule has 0 saturated carbocycles. The Hall–Kier alpha value is -3.12. The van der Waals surface area contributed by atoms with Gasteiger partial charge in [0.15, 0.2) is 5.96 Å². The lowest BCUT2D eigenvalue weighted by Crippen LogP contribution is -2.39. The number of hydrogen-bond donors (Lipinski definition) is 3. The predicted octanol–water partition coefficient (Wildman–Crippen LogP) is 3.48. The van der Waals surface area contributed by atoms with Gasteiger partial charge in [0.2, 0.25) is 5.89 Å². The van der Waals surface area contributed by atoms with Crippen molar-refractivity contribution in [3.63, 3.8) is 0 Å². The minimum Gasteiger partial charge on any atom is -0.444 e. The van der Waals surface area contributed by atoms with E-state index in [-0.39, 0.29) is 12.5 Å². The number of oxazole rings is 1. The number of aliphatic imine (C=N–C) groups is 1. The van der Waals surface area contributed by atoms with Crippen LogP contribution >= 0.6 is 0 Å². The van der Waals surface area contributed by atoms with Crippen LogP contribution < -0.4 is 10.6 Å². The van der Waals surface area contributed by atoms with Gasteiger partial charge in [-0.1, -0.05) is 48.0 Å². The van der Waals surface area contributed by atoms with E-state index in [2.05, 4.69) is 20.6 Å². The van der Waals surface area contributed by atoms with E-state index in [9.17, 15) is 5.11 Å². The summed E-state index contributed by atoms with van der Waals surface area (Å²) < 4.78 is 5.60. The second-order valence-corrected chi connectivity index (χ2v) is 6.88. The summed E-state index contributed by atoms with van der Waals surface area (Å²) in [5.41, 5.74) is 4.00. The summed E-state index contributed by atoms with van der Waals surface area (Å²) >= 11 is 0. The molecule has 3 N–H and O–H groups in total. The van der Waals surface area contributed by atoms with Gasteiger partial charge in [-0.15, -0.1) is 0 Å². The standard InChI is InChI=1S/C23H28N4O2/c1-3-24-23(25-13-20(15-28)18-7-5-4-6-8-18)26-14-21-16-29-22(27-21)19-11-9-17(2)10-12-19/h4-12,16,20,28H,3,13-15H2,1-2H3,(H2,24,25,26). The molecule has 0 bridgehead atoms. The second kappa shape index (κ2) is 10.4. The first kappa shape index (κ1) is 20.6. The fourth-order valence-corrected chi connectivity index (χ4v) is 2.94. The maximum atomic E-state index is 9.74. The molecule has 1 heterocycles.